The van der Waals surface area contributed by atoms with E-state index in [2.05, 4.69) is 48.7 Å². The number of Topliss-reactive ketones (excluding diaryl/α,β-unsaturated/α-hetero) is 1. The van der Waals surface area contributed by atoms with E-state index in [1.807, 2.05) is 12.3 Å². The third-order valence-corrected chi connectivity index (χ3v) is 5.12. The molecule has 0 unspecified atom stereocenters. The maximum absolute atomic E-state index is 12.5. The average Bonchev–Trinajstić information content (AvgIpc) is 3.14. The standard InChI is InChI=1S/C18H19NOS/c1-3-13-6-5-7-14-10-11-19(18(13)14)12-16(20)17-9-8-15(4-2)21-17/h5-11H,3-4,12H2,1-2H3. The Bertz CT molecular complexity index is 781. The van der Waals surface area contributed by atoms with E-state index in [1.165, 1.54) is 21.3 Å². The minimum atomic E-state index is 0.197. The lowest BCUT2D eigenvalue weighted by molar-refractivity contribution is 0.0977. The molecule has 0 fully saturated rings. The summed E-state index contributed by atoms with van der Waals surface area (Å²) in [6.45, 7) is 4.69. The SMILES string of the molecule is CCc1ccc(C(=O)Cn2ccc3cccc(CC)c32)s1. The molecule has 0 bridgehead atoms. The van der Waals surface area contributed by atoms with E-state index in [0.29, 0.717) is 6.54 Å². The van der Waals surface area contributed by atoms with Crippen LogP contribution in [0.5, 0.6) is 0 Å². The van der Waals surface area contributed by atoms with Gasteiger partial charge >= 0.3 is 0 Å². The van der Waals surface area contributed by atoms with Crippen LogP contribution in [0.1, 0.15) is 34.0 Å². The van der Waals surface area contributed by atoms with E-state index in [1.54, 1.807) is 11.3 Å². The number of benzene rings is 1. The predicted molar refractivity (Wildman–Crippen MR) is 89.3 cm³/mol. The van der Waals surface area contributed by atoms with Gasteiger partial charge in [-0.05, 0) is 42.0 Å². The minimum absolute atomic E-state index is 0.197. The number of rotatable bonds is 5. The fraction of sp³-hybridized carbons (Fsp3) is 0.278. The summed E-state index contributed by atoms with van der Waals surface area (Å²) in [4.78, 5) is 14.6. The van der Waals surface area contributed by atoms with Crippen molar-refractivity contribution in [1.29, 1.82) is 0 Å². The molecule has 0 aliphatic rings. The van der Waals surface area contributed by atoms with Crippen molar-refractivity contribution in [2.45, 2.75) is 33.2 Å². The molecular formula is C18H19NOS. The zero-order valence-electron chi connectivity index (χ0n) is 12.4. The number of para-hydroxylation sites is 1. The smallest absolute Gasteiger partial charge is 0.192 e. The highest BCUT2D eigenvalue weighted by Gasteiger charge is 2.12. The van der Waals surface area contributed by atoms with Crippen LogP contribution in [-0.2, 0) is 19.4 Å². The van der Waals surface area contributed by atoms with Gasteiger partial charge in [0.2, 0.25) is 0 Å². The Morgan fingerprint density at radius 3 is 2.67 bits per heavy atom. The Kier molecular flexibility index (Phi) is 3.93. The second kappa shape index (κ2) is 5.86. The van der Waals surface area contributed by atoms with Gasteiger partial charge in [0.25, 0.3) is 0 Å². The van der Waals surface area contributed by atoms with Crippen LogP contribution in [0, 0.1) is 0 Å². The van der Waals surface area contributed by atoms with Crippen LogP contribution in [0.25, 0.3) is 10.9 Å². The van der Waals surface area contributed by atoms with Crippen molar-refractivity contribution >= 4 is 28.0 Å². The van der Waals surface area contributed by atoms with Gasteiger partial charge in [-0.2, -0.15) is 0 Å². The summed E-state index contributed by atoms with van der Waals surface area (Å²) < 4.78 is 2.09. The Hall–Kier alpha value is -1.87. The molecule has 0 saturated heterocycles. The van der Waals surface area contributed by atoms with Gasteiger partial charge in [0, 0.05) is 11.1 Å². The fourth-order valence-corrected chi connectivity index (χ4v) is 3.59. The van der Waals surface area contributed by atoms with Crippen LogP contribution in [-0.4, -0.2) is 10.4 Å². The summed E-state index contributed by atoms with van der Waals surface area (Å²) in [5.41, 5.74) is 2.49. The van der Waals surface area contributed by atoms with Crippen molar-refractivity contribution < 1.29 is 4.79 Å². The van der Waals surface area contributed by atoms with Gasteiger partial charge in [-0.25, -0.2) is 0 Å². The van der Waals surface area contributed by atoms with E-state index in [9.17, 15) is 4.79 Å². The highest BCUT2D eigenvalue weighted by atomic mass is 32.1. The second-order valence-corrected chi connectivity index (χ2v) is 6.36. The molecule has 0 radical (unpaired) electrons. The van der Waals surface area contributed by atoms with Gasteiger partial charge in [-0.3, -0.25) is 4.79 Å². The molecule has 2 aromatic heterocycles. The van der Waals surface area contributed by atoms with Crippen LogP contribution in [0.3, 0.4) is 0 Å². The monoisotopic (exact) mass is 297 g/mol. The van der Waals surface area contributed by atoms with Crippen LogP contribution >= 0.6 is 11.3 Å². The molecule has 0 atom stereocenters. The molecule has 2 heterocycles. The van der Waals surface area contributed by atoms with Crippen molar-refractivity contribution in [1.82, 2.24) is 4.57 Å². The van der Waals surface area contributed by atoms with Crippen molar-refractivity contribution in [3.63, 3.8) is 0 Å². The van der Waals surface area contributed by atoms with Crippen LogP contribution < -0.4 is 0 Å². The number of carbonyl (C=O) groups excluding carboxylic acids is 1. The van der Waals surface area contributed by atoms with Crippen LogP contribution in [0.15, 0.2) is 42.6 Å². The number of hydrogen-bond acceptors (Lipinski definition) is 2. The minimum Gasteiger partial charge on any atom is -0.339 e. The highest BCUT2D eigenvalue weighted by Crippen LogP contribution is 2.23. The van der Waals surface area contributed by atoms with Crippen molar-refractivity contribution in [2.75, 3.05) is 0 Å². The van der Waals surface area contributed by atoms with E-state index in [4.69, 9.17) is 0 Å². The van der Waals surface area contributed by atoms with E-state index in [0.717, 1.165) is 17.7 Å². The van der Waals surface area contributed by atoms with Crippen molar-refractivity contribution in [3.8, 4) is 0 Å². The number of ketones is 1. The second-order valence-electron chi connectivity index (χ2n) is 5.19. The zero-order valence-corrected chi connectivity index (χ0v) is 13.2. The number of hydrogen-bond donors (Lipinski definition) is 0. The average molecular weight is 297 g/mol. The molecule has 0 aliphatic heterocycles. The van der Waals surface area contributed by atoms with Crippen LogP contribution in [0.4, 0.5) is 0 Å². The van der Waals surface area contributed by atoms with E-state index < -0.39 is 0 Å². The van der Waals surface area contributed by atoms with Gasteiger partial charge in [0.1, 0.15) is 0 Å². The number of nitrogens with zero attached hydrogens (tertiary/aromatic N) is 1. The van der Waals surface area contributed by atoms with E-state index in [-0.39, 0.29) is 5.78 Å². The fourth-order valence-electron chi connectivity index (χ4n) is 2.71. The number of aryl methyl sites for hydroxylation is 2. The van der Waals surface area contributed by atoms with Crippen molar-refractivity contribution in [2.24, 2.45) is 0 Å². The predicted octanol–water partition coefficient (Wildman–Crippen LogP) is 4.71. The Labute approximate surface area is 129 Å². The molecule has 0 saturated carbocycles. The molecule has 21 heavy (non-hydrogen) atoms. The number of aromatic nitrogens is 1. The first kappa shape index (κ1) is 14.1. The van der Waals surface area contributed by atoms with Gasteiger partial charge in [0.15, 0.2) is 5.78 Å². The third kappa shape index (κ3) is 2.66. The molecular weight excluding hydrogens is 278 g/mol. The molecule has 0 aliphatic carbocycles. The summed E-state index contributed by atoms with van der Waals surface area (Å²) in [7, 11) is 0. The maximum Gasteiger partial charge on any atom is 0.192 e. The van der Waals surface area contributed by atoms with Gasteiger partial charge in [-0.1, -0.05) is 32.0 Å². The van der Waals surface area contributed by atoms with Gasteiger partial charge in [-0.15, -0.1) is 11.3 Å². The molecule has 0 spiro atoms. The summed E-state index contributed by atoms with van der Waals surface area (Å²) >= 11 is 1.62. The molecule has 3 aromatic rings. The topological polar surface area (TPSA) is 22.0 Å². The van der Waals surface area contributed by atoms with E-state index >= 15 is 0 Å². The number of thiophene rings is 1. The lowest BCUT2D eigenvalue weighted by atomic mass is 10.1. The van der Waals surface area contributed by atoms with Gasteiger partial charge in [0.05, 0.1) is 16.9 Å². The van der Waals surface area contributed by atoms with Gasteiger partial charge < -0.3 is 4.57 Å². The Morgan fingerprint density at radius 1 is 1.10 bits per heavy atom. The number of carbonyl (C=O) groups is 1. The largest absolute Gasteiger partial charge is 0.339 e. The highest BCUT2D eigenvalue weighted by molar-refractivity contribution is 7.14. The molecule has 108 valence electrons. The lowest BCUT2D eigenvalue weighted by Gasteiger charge is -2.07. The summed E-state index contributed by atoms with van der Waals surface area (Å²) in [5, 5.41) is 1.21. The summed E-state index contributed by atoms with van der Waals surface area (Å²) in [6, 6.07) is 12.4. The summed E-state index contributed by atoms with van der Waals surface area (Å²) in [6.07, 6.45) is 4.00. The first-order valence-electron chi connectivity index (χ1n) is 7.41. The Balaban J connectivity index is 1.92. The Morgan fingerprint density at radius 2 is 1.95 bits per heavy atom. The first-order chi connectivity index (χ1) is 10.2. The zero-order chi connectivity index (χ0) is 14.8. The number of fused-ring (bicyclic) bond motifs is 1. The molecule has 3 heteroatoms. The molecule has 3 rings (SSSR count). The quantitative estimate of drug-likeness (QED) is 0.625. The molecule has 2 nitrogen and oxygen atoms in total. The summed E-state index contributed by atoms with van der Waals surface area (Å²) in [5.74, 6) is 0.197. The third-order valence-electron chi connectivity index (χ3n) is 3.85. The normalized spacial score (nSPS) is 11.1. The molecule has 0 N–H and O–H groups in total. The molecule has 0 amide bonds. The van der Waals surface area contributed by atoms with Crippen molar-refractivity contribution in [3.05, 3.63) is 57.9 Å². The maximum atomic E-state index is 12.5. The van der Waals surface area contributed by atoms with Crippen LogP contribution in [0.2, 0.25) is 0 Å². The lowest BCUT2D eigenvalue weighted by Crippen LogP contribution is -2.08. The first-order valence-corrected chi connectivity index (χ1v) is 8.23. The molecule has 1 aromatic carbocycles.